The summed E-state index contributed by atoms with van der Waals surface area (Å²) < 4.78 is 5.94. The quantitative estimate of drug-likeness (QED) is 0.518. The first-order chi connectivity index (χ1) is 9.92. The molecule has 0 saturated heterocycles. The van der Waals surface area contributed by atoms with Crippen LogP contribution in [0.15, 0.2) is 18.2 Å². The van der Waals surface area contributed by atoms with Crippen LogP contribution in [-0.4, -0.2) is 5.91 Å². The largest absolute Gasteiger partial charge is 0.489 e. The van der Waals surface area contributed by atoms with E-state index in [1.807, 2.05) is 19.1 Å². The van der Waals surface area contributed by atoms with Crippen LogP contribution in [0.25, 0.3) is 0 Å². The lowest BCUT2D eigenvalue weighted by atomic mass is 10.1. The Morgan fingerprint density at radius 3 is 2.62 bits per heavy atom. The van der Waals surface area contributed by atoms with E-state index >= 15 is 0 Å². The molecule has 0 bridgehead atoms. The van der Waals surface area contributed by atoms with Gasteiger partial charge in [0.2, 0.25) is 0 Å². The average molecular weight is 304 g/mol. The minimum absolute atomic E-state index is 0.267. The van der Waals surface area contributed by atoms with Gasteiger partial charge in [0, 0.05) is 10.4 Å². The van der Waals surface area contributed by atoms with E-state index < -0.39 is 0 Å². The van der Waals surface area contributed by atoms with Crippen LogP contribution in [0.1, 0.15) is 36.8 Å². The zero-order valence-corrected chi connectivity index (χ0v) is 13.6. The predicted octanol–water partition coefficient (Wildman–Crippen LogP) is 3.16. The molecule has 0 atom stereocenters. The van der Waals surface area contributed by atoms with Crippen molar-refractivity contribution in [2.45, 2.75) is 34.3 Å². The smallest absolute Gasteiger partial charge is 0.275 e. The zero-order chi connectivity index (χ0) is 15.6. The fourth-order valence-electron chi connectivity index (χ4n) is 2.15. The van der Waals surface area contributed by atoms with Crippen molar-refractivity contribution in [3.63, 3.8) is 0 Å². The Balaban J connectivity index is 2.17. The summed E-state index contributed by atoms with van der Waals surface area (Å²) in [5.41, 5.74) is 6.71. The summed E-state index contributed by atoms with van der Waals surface area (Å²) in [6, 6.07) is 6.01. The molecule has 1 heterocycles. The number of thiophene rings is 1. The maximum absolute atomic E-state index is 11.5. The summed E-state index contributed by atoms with van der Waals surface area (Å²) in [6.07, 6.45) is 0. The van der Waals surface area contributed by atoms with Gasteiger partial charge >= 0.3 is 0 Å². The second-order valence-electron chi connectivity index (χ2n) is 5.16. The molecular weight excluding hydrogens is 284 g/mol. The molecule has 0 aliphatic carbocycles. The van der Waals surface area contributed by atoms with Crippen LogP contribution in [-0.2, 0) is 6.61 Å². The molecule has 0 unspecified atom stereocenters. The van der Waals surface area contributed by atoms with E-state index in [0.29, 0.717) is 11.5 Å². The first kappa shape index (κ1) is 15.5. The first-order valence-electron chi connectivity index (χ1n) is 6.73. The molecule has 1 amide bonds. The third kappa shape index (κ3) is 3.43. The molecule has 112 valence electrons. The number of nitrogen functional groups attached to an aromatic ring is 1. The molecule has 0 aliphatic rings. The van der Waals surface area contributed by atoms with Gasteiger partial charge in [0.05, 0.1) is 4.88 Å². The minimum atomic E-state index is -0.267. The van der Waals surface area contributed by atoms with Gasteiger partial charge in [-0.3, -0.25) is 10.2 Å². The van der Waals surface area contributed by atoms with Crippen LogP contribution in [0.3, 0.4) is 0 Å². The first-order valence-corrected chi connectivity index (χ1v) is 7.55. The van der Waals surface area contributed by atoms with Crippen LogP contribution in [0.4, 0.5) is 0 Å². The number of hydrogen-bond acceptors (Lipinski definition) is 4. The number of ether oxygens (including phenoxy) is 1. The molecule has 2 rings (SSSR count). The highest BCUT2D eigenvalue weighted by Crippen LogP contribution is 2.27. The Hall–Kier alpha value is -1.85. The summed E-state index contributed by atoms with van der Waals surface area (Å²) in [7, 11) is 0. The number of rotatable bonds is 4. The average Bonchev–Trinajstić information content (AvgIpc) is 2.81. The van der Waals surface area contributed by atoms with Gasteiger partial charge < -0.3 is 4.74 Å². The standard InChI is InChI=1S/C16H20N2O2S/c1-9-5-10(2)11(3)14(6-9)20-8-13-7-15(16(19)18-17)21-12(13)4/h5-7H,8,17H2,1-4H3,(H,18,19). The van der Waals surface area contributed by atoms with Gasteiger partial charge in [-0.15, -0.1) is 11.3 Å². The Morgan fingerprint density at radius 1 is 1.24 bits per heavy atom. The van der Waals surface area contributed by atoms with E-state index in [0.717, 1.165) is 21.8 Å². The SMILES string of the molecule is Cc1cc(C)c(C)c(OCc2cc(C(=O)NN)sc2C)c1. The summed E-state index contributed by atoms with van der Waals surface area (Å²) in [5, 5.41) is 0. The molecule has 0 saturated carbocycles. The van der Waals surface area contributed by atoms with E-state index in [1.54, 1.807) is 0 Å². The topological polar surface area (TPSA) is 64.3 Å². The van der Waals surface area contributed by atoms with Gasteiger partial charge in [0.25, 0.3) is 5.91 Å². The van der Waals surface area contributed by atoms with Crippen molar-refractivity contribution in [1.82, 2.24) is 5.43 Å². The van der Waals surface area contributed by atoms with E-state index in [-0.39, 0.29) is 5.91 Å². The fourth-order valence-corrected chi connectivity index (χ4v) is 3.08. The van der Waals surface area contributed by atoms with E-state index in [2.05, 4.69) is 32.3 Å². The summed E-state index contributed by atoms with van der Waals surface area (Å²) in [6.45, 7) is 8.61. The van der Waals surface area contributed by atoms with E-state index in [1.165, 1.54) is 22.5 Å². The lowest BCUT2D eigenvalue weighted by molar-refractivity contribution is 0.0957. The number of aryl methyl sites for hydroxylation is 3. The number of carbonyl (C=O) groups is 1. The van der Waals surface area contributed by atoms with Crippen molar-refractivity contribution in [2.24, 2.45) is 5.84 Å². The molecule has 1 aromatic carbocycles. The molecule has 0 aliphatic heterocycles. The number of nitrogens with two attached hydrogens (primary N) is 1. The summed E-state index contributed by atoms with van der Waals surface area (Å²) in [5.74, 6) is 5.78. The van der Waals surface area contributed by atoms with Crippen molar-refractivity contribution in [2.75, 3.05) is 0 Å². The number of amides is 1. The predicted molar refractivity (Wildman–Crippen MR) is 85.7 cm³/mol. The van der Waals surface area contributed by atoms with Gasteiger partial charge in [-0.2, -0.15) is 0 Å². The normalized spacial score (nSPS) is 10.5. The van der Waals surface area contributed by atoms with Crippen molar-refractivity contribution in [3.8, 4) is 5.75 Å². The van der Waals surface area contributed by atoms with Crippen LogP contribution in [0.2, 0.25) is 0 Å². The van der Waals surface area contributed by atoms with Crippen LogP contribution in [0, 0.1) is 27.7 Å². The minimum Gasteiger partial charge on any atom is -0.489 e. The molecule has 5 heteroatoms. The number of nitrogens with one attached hydrogen (secondary N) is 1. The van der Waals surface area contributed by atoms with E-state index in [4.69, 9.17) is 10.6 Å². The lowest BCUT2D eigenvalue weighted by Gasteiger charge is -2.12. The highest BCUT2D eigenvalue weighted by molar-refractivity contribution is 7.14. The molecule has 3 N–H and O–H groups in total. The Kier molecular flexibility index (Phi) is 4.65. The monoisotopic (exact) mass is 304 g/mol. The highest BCUT2D eigenvalue weighted by atomic mass is 32.1. The van der Waals surface area contributed by atoms with Crippen LogP contribution < -0.4 is 16.0 Å². The summed E-state index contributed by atoms with van der Waals surface area (Å²) in [4.78, 5) is 13.2. The van der Waals surface area contributed by atoms with Crippen LogP contribution >= 0.6 is 11.3 Å². The summed E-state index contributed by atoms with van der Waals surface area (Å²) >= 11 is 1.42. The lowest BCUT2D eigenvalue weighted by Crippen LogP contribution is -2.29. The number of hydrogen-bond donors (Lipinski definition) is 2. The molecular formula is C16H20N2O2S. The van der Waals surface area contributed by atoms with Crippen molar-refractivity contribution in [3.05, 3.63) is 50.2 Å². The Morgan fingerprint density at radius 2 is 1.95 bits per heavy atom. The Labute approximate surface area is 128 Å². The van der Waals surface area contributed by atoms with Crippen LogP contribution in [0.5, 0.6) is 5.75 Å². The molecule has 1 aromatic heterocycles. The number of benzene rings is 1. The molecule has 0 fully saturated rings. The zero-order valence-electron chi connectivity index (χ0n) is 12.7. The molecule has 2 aromatic rings. The van der Waals surface area contributed by atoms with Gasteiger partial charge in [0.1, 0.15) is 12.4 Å². The van der Waals surface area contributed by atoms with Gasteiger partial charge in [0.15, 0.2) is 0 Å². The third-order valence-corrected chi connectivity index (χ3v) is 4.61. The second kappa shape index (κ2) is 6.28. The molecule has 4 nitrogen and oxygen atoms in total. The fraction of sp³-hybridized carbons (Fsp3) is 0.312. The number of carbonyl (C=O) groups excluding carboxylic acids is 1. The molecule has 0 radical (unpaired) electrons. The van der Waals surface area contributed by atoms with Crippen molar-refractivity contribution in [1.29, 1.82) is 0 Å². The van der Waals surface area contributed by atoms with Gasteiger partial charge in [-0.05, 0) is 56.5 Å². The second-order valence-corrected chi connectivity index (χ2v) is 6.42. The van der Waals surface area contributed by atoms with Gasteiger partial charge in [-0.25, -0.2) is 5.84 Å². The molecule has 21 heavy (non-hydrogen) atoms. The van der Waals surface area contributed by atoms with Gasteiger partial charge in [-0.1, -0.05) is 6.07 Å². The van der Waals surface area contributed by atoms with E-state index in [9.17, 15) is 4.79 Å². The Bertz CT molecular complexity index is 677. The maximum atomic E-state index is 11.5. The van der Waals surface area contributed by atoms with Crippen molar-refractivity contribution >= 4 is 17.2 Å². The number of hydrazine groups is 1. The molecule has 0 spiro atoms. The highest BCUT2D eigenvalue weighted by Gasteiger charge is 2.12. The van der Waals surface area contributed by atoms with Crippen molar-refractivity contribution < 1.29 is 9.53 Å². The maximum Gasteiger partial charge on any atom is 0.275 e. The third-order valence-electron chi connectivity index (χ3n) is 3.52.